The van der Waals surface area contributed by atoms with E-state index >= 15 is 0 Å². The van der Waals surface area contributed by atoms with Gasteiger partial charge in [-0.05, 0) is 31.5 Å². The number of hydrogen-bond donors (Lipinski definition) is 2. The van der Waals surface area contributed by atoms with Crippen molar-refractivity contribution in [1.29, 1.82) is 0 Å². The molecule has 0 saturated heterocycles. The summed E-state index contributed by atoms with van der Waals surface area (Å²) in [5, 5.41) is 19.4. The Morgan fingerprint density at radius 3 is 2.90 bits per heavy atom. The second kappa shape index (κ2) is 6.17. The van der Waals surface area contributed by atoms with Crippen LogP contribution in [-0.2, 0) is 11.8 Å². The average molecular weight is 288 g/mol. The molecule has 1 heterocycles. The molecular formula is C14H16N4O3. The fraction of sp³-hybridized carbons (Fsp3) is 0.286. The predicted molar refractivity (Wildman–Crippen MR) is 76.8 cm³/mol. The van der Waals surface area contributed by atoms with Gasteiger partial charge in [-0.2, -0.15) is 0 Å². The van der Waals surface area contributed by atoms with Crippen LogP contribution >= 0.6 is 0 Å². The summed E-state index contributed by atoms with van der Waals surface area (Å²) in [7, 11) is 1.76. The van der Waals surface area contributed by atoms with Crippen LogP contribution in [0, 0.1) is 0 Å². The SMILES string of the molecule is C/C=C/CC(NC(=O)c1ccc2c(c1)nnn2C)C(=O)O. The van der Waals surface area contributed by atoms with Gasteiger partial charge >= 0.3 is 5.97 Å². The Hall–Kier alpha value is -2.70. The third-order valence-corrected chi connectivity index (χ3v) is 3.08. The van der Waals surface area contributed by atoms with Gasteiger partial charge in [0, 0.05) is 12.6 Å². The van der Waals surface area contributed by atoms with E-state index in [1.54, 1.807) is 49.0 Å². The van der Waals surface area contributed by atoms with E-state index in [4.69, 9.17) is 5.11 Å². The van der Waals surface area contributed by atoms with Crippen molar-refractivity contribution in [3.8, 4) is 0 Å². The first-order chi connectivity index (χ1) is 10.0. The van der Waals surface area contributed by atoms with Crippen LogP contribution in [0.15, 0.2) is 30.4 Å². The number of carbonyl (C=O) groups is 2. The number of rotatable bonds is 5. The highest BCUT2D eigenvalue weighted by Gasteiger charge is 2.19. The Balaban J connectivity index is 2.18. The van der Waals surface area contributed by atoms with Gasteiger partial charge in [0.2, 0.25) is 0 Å². The van der Waals surface area contributed by atoms with Crippen molar-refractivity contribution in [2.45, 2.75) is 19.4 Å². The van der Waals surface area contributed by atoms with Crippen molar-refractivity contribution in [2.75, 3.05) is 0 Å². The number of carboxylic acids is 1. The second-order valence-electron chi connectivity index (χ2n) is 4.59. The molecule has 7 heteroatoms. The van der Waals surface area contributed by atoms with Crippen molar-refractivity contribution in [3.05, 3.63) is 35.9 Å². The Kier molecular flexibility index (Phi) is 4.32. The molecule has 0 radical (unpaired) electrons. The first-order valence-electron chi connectivity index (χ1n) is 6.47. The molecule has 1 amide bonds. The van der Waals surface area contributed by atoms with Gasteiger partial charge in [-0.15, -0.1) is 5.10 Å². The fourth-order valence-electron chi connectivity index (χ4n) is 1.92. The quantitative estimate of drug-likeness (QED) is 0.803. The van der Waals surface area contributed by atoms with Gasteiger partial charge in [-0.3, -0.25) is 4.79 Å². The lowest BCUT2D eigenvalue weighted by atomic mass is 10.1. The Morgan fingerprint density at radius 1 is 1.48 bits per heavy atom. The topological polar surface area (TPSA) is 97.1 Å². The number of benzene rings is 1. The predicted octanol–water partition coefficient (Wildman–Crippen LogP) is 1.12. The van der Waals surface area contributed by atoms with Gasteiger partial charge in [-0.1, -0.05) is 17.4 Å². The van der Waals surface area contributed by atoms with E-state index in [1.165, 1.54) is 0 Å². The van der Waals surface area contributed by atoms with E-state index < -0.39 is 17.9 Å². The number of allylic oxidation sites excluding steroid dienone is 1. The Labute approximate surface area is 121 Å². The third kappa shape index (κ3) is 3.25. The van der Waals surface area contributed by atoms with Gasteiger partial charge in [0.05, 0.1) is 5.52 Å². The highest BCUT2D eigenvalue weighted by molar-refractivity contribution is 5.99. The maximum atomic E-state index is 12.1. The maximum Gasteiger partial charge on any atom is 0.326 e. The van der Waals surface area contributed by atoms with Crippen LogP contribution in [0.5, 0.6) is 0 Å². The van der Waals surface area contributed by atoms with Crippen molar-refractivity contribution in [2.24, 2.45) is 7.05 Å². The number of carbonyl (C=O) groups excluding carboxylic acids is 1. The molecule has 0 aliphatic rings. The molecular weight excluding hydrogens is 272 g/mol. The molecule has 21 heavy (non-hydrogen) atoms. The van der Waals surface area contributed by atoms with Crippen LogP contribution in [0.3, 0.4) is 0 Å². The third-order valence-electron chi connectivity index (χ3n) is 3.08. The molecule has 110 valence electrons. The Bertz CT molecular complexity index is 705. The molecule has 0 bridgehead atoms. The van der Waals surface area contributed by atoms with Gasteiger partial charge in [0.15, 0.2) is 0 Å². The molecule has 1 aromatic heterocycles. The highest BCUT2D eigenvalue weighted by atomic mass is 16.4. The zero-order valence-corrected chi connectivity index (χ0v) is 11.8. The summed E-state index contributed by atoms with van der Waals surface area (Å²) in [6, 6.07) is 3.99. The number of aryl methyl sites for hydroxylation is 1. The summed E-state index contributed by atoms with van der Waals surface area (Å²) in [4.78, 5) is 23.2. The molecule has 2 N–H and O–H groups in total. The minimum Gasteiger partial charge on any atom is -0.480 e. The molecule has 0 saturated carbocycles. The van der Waals surface area contributed by atoms with Crippen LogP contribution in [-0.4, -0.2) is 38.0 Å². The van der Waals surface area contributed by atoms with E-state index in [1.807, 2.05) is 0 Å². The van der Waals surface area contributed by atoms with Gasteiger partial charge in [0.25, 0.3) is 5.91 Å². The number of carboxylic acid groups (broad SMARTS) is 1. The largest absolute Gasteiger partial charge is 0.480 e. The number of aromatic nitrogens is 3. The molecule has 1 atom stereocenters. The molecule has 2 rings (SSSR count). The average Bonchev–Trinajstić information content (AvgIpc) is 2.84. The number of aliphatic carboxylic acids is 1. The monoisotopic (exact) mass is 288 g/mol. The zero-order chi connectivity index (χ0) is 15.4. The first-order valence-corrected chi connectivity index (χ1v) is 6.47. The smallest absolute Gasteiger partial charge is 0.326 e. The van der Waals surface area contributed by atoms with Crippen molar-refractivity contribution in [1.82, 2.24) is 20.3 Å². The minimum atomic E-state index is -1.07. The lowest BCUT2D eigenvalue weighted by Crippen LogP contribution is -2.40. The summed E-state index contributed by atoms with van der Waals surface area (Å²) in [6.07, 6.45) is 3.68. The van der Waals surface area contributed by atoms with E-state index in [2.05, 4.69) is 15.6 Å². The number of amides is 1. The highest BCUT2D eigenvalue weighted by Crippen LogP contribution is 2.12. The van der Waals surface area contributed by atoms with Crippen molar-refractivity contribution < 1.29 is 14.7 Å². The Morgan fingerprint density at radius 2 is 2.24 bits per heavy atom. The van der Waals surface area contributed by atoms with Crippen LogP contribution in [0.4, 0.5) is 0 Å². The summed E-state index contributed by atoms with van der Waals surface area (Å²) in [6.45, 7) is 1.79. The molecule has 0 spiro atoms. The van der Waals surface area contributed by atoms with Crippen LogP contribution in [0.1, 0.15) is 23.7 Å². The molecule has 0 aliphatic heterocycles. The number of nitrogens with zero attached hydrogens (tertiary/aromatic N) is 3. The summed E-state index contributed by atoms with van der Waals surface area (Å²) in [5.41, 5.74) is 1.75. The van der Waals surface area contributed by atoms with Crippen LogP contribution in [0.25, 0.3) is 11.0 Å². The second-order valence-corrected chi connectivity index (χ2v) is 4.59. The number of fused-ring (bicyclic) bond motifs is 1. The van der Waals surface area contributed by atoms with Gasteiger partial charge < -0.3 is 10.4 Å². The maximum absolute atomic E-state index is 12.1. The molecule has 1 aromatic carbocycles. The lowest BCUT2D eigenvalue weighted by molar-refractivity contribution is -0.139. The fourth-order valence-corrected chi connectivity index (χ4v) is 1.92. The molecule has 2 aromatic rings. The summed E-state index contributed by atoms with van der Waals surface area (Å²) in [5.74, 6) is -1.51. The zero-order valence-electron chi connectivity index (χ0n) is 11.8. The van der Waals surface area contributed by atoms with Crippen LogP contribution in [0.2, 0.25) is 0 Å². The molecule has 1 unspecified atom stereocenters. The number of hydrogen-bond acceptors (Lipinski definition) is 4. The summed E-state index contributed by atoms with van der Waals surface area (Å²) >= 11 is 0. The normalized spacial score (nSPS) is 12.7. The first kappa shape index (κ1) is 14.7. The van der Waals surface area contributed by atoms with Crippen molar-refractivity contribution >= 4 is 22.9 Å². The van der Waals surface area contributed by atoms with Crippen molar-refractivity contribution in [3.63, 3.8) is 0 Å². The van der Waals surface area contributed by atoms with Gasteiger partial charge in [0.1, 0.15) is 11.6 Å². The van der Waals surface area contributed by atoms with Crippen LogP contribution < -0.4 is 5.32 Å². The molecule has 0 aliphatic carbocycles. The van der Waals surface area contributed by atoms with E-state index in [0.717, 1.165) is 5.52 Å². The van der Waals surface area contributed by atoms with E-state index in [0.29, 0.717) is 11.1 Å². The van der Waals surface area contributed by atoms with E-state index in [9.17, 15) is 9.59 Å². The standard InChI is InChI=1S/C14H16N4O3/c1-3-4-5-10(14(20)21)15-13(19)9-6-7-12-11(8-9)16-17-18(12)2/h3-4,6-8,10H,5H2,1-2H3,(H,15,19)(H,20,21)/b4-3+. The van der Waals surface area contributed by atoms with E-state index in [-0.39, 0.29) is 6.42 Å². The summed E-state index contributed by atoms with van der Waals surface area (Å²) < 4.78 is 1.60. The minimum absolute atomic E-state index is 0.241. The van der Waals surface area contributed by atoms with Gasteiger partial charge in [-0.25, -0.2) is 9.48 Å². The molecule has 7 nitrogen and oxygen atoms in total. The lowest BCUT2D eigenvalue weighted by Gasteiger charge is -2.12. The number of nitrogens with one attached hydrogen (secondary N) is 1. The molecule has 0 fully saturated rings.